The lowest BCUT2D eigenvalue weighted by Gasteiger charge is -2.36. The smallest absolute Gasteiger partial charge is 0.0981 e. The maximum Gasteiger partial charge on any atom is 0.0981 e. The van der Waals surface area contributed by atoms with Gasteiger partial charge >= 0.3 is 0 Å². The molecule has 4 nitrogen and oxygen atoms in total. The summed E-state index contributed by atoms with van der Waals surface area (Å²) in [6, 6.07) is 59.5. The third kappa shape index (κ3) is 4.19. The van der Waals surface area contributed by atoms with Crippen LogP contribution in [0.4, 0.5) is 11.4 Å². The summed E-state index contributed by atoms with van der Waals surface area (Å²) in [7, 11) is 0. The Morgan fingerprint density at radius 2 is 1.23 bits per heavy atom. The van der Waals surface area contributed by atoms with Crippen molar-refractivity contribution >= 4 is 67.1 Å². The number of thioether (sulfide) groups is 1. The molecule has 7 aromatic carbocycles. The molecule has 1 aliphatic carbocycles. The zero-order valence-electron chi connectivity index (χ0n) is 31.5. The van der Waals surface area contributed by atoms with Crippen LogP contribution in [0.15, 0.2) is 187 Å². The molecule has 5 heterocycles. The topological polar surface area (TPSA) is 14.7 Å². The van der Waals surface area contributed by atoms with E-state index in [1.807, 2.05) is 11.8 Å². The molecule has 272 valence electrons. The molecule has 8 aromatic rings. The minimum absolute atomic E-state index is 0.145. The van der Waals surface area contributed by atoms with Crippen LogP contribution in [0.1, 0.15) is 29.2 Å². The highest BCUT2D eigenvalue weighted by atomic mass is 32.2. The molecule has 0 amide bonds. The van der Waals surface area contributed by atoms with Crippen molar-refractivity contribution in [2.24, 2.45) is 0 Å². The minimum atomic E-state index is -0.145. The van der Waals surface area contributed by atoms with E-state index in [1.54, 1.807) is 0 Å². The van der Waals surface area contributed by atoms with E-state index in [2.05, 4.69) is 208 Å². The summed E-state index contributed by atoms with van der Waals surface area (Å²) in [4.78, 5) is 9.26. The summed E-state index contributed by atoms with van der Waals surface area (Å²) in [6.45, 7) is 3.35. The van der Waals surface area contributed by atoms with E-state index in [1.165, 1.54) is 88.2 Å². The van der Waals surface area contributed by atoms with Gasteiger partial charge in [0.25, 0.3) is 0 Å². The Kier molecular flexibility index (Phi) is 6.44. The quantitative estimate of drug-likeness (QED) is 0.178. The van der Waals surface area contributed by atoms with Gasteiger partial charge < -0.3 is 19.3 Å². The fraction of sp³-hybridized carbons (Fsp3) is 0.115. The molecule has 2 bridgehead atoms. The van der Waals surface area contributed by atoms with Gasteiger partial charge in [-0.3, -0.25) is 0 Å². The van der Waals surface area contributed by atoms with E-state index < -0.39 is 0 Å². The molecule has 4 atom stereocenters. The highest BCUT2D eigenvalue weighted by Gasteiger charge is 2.55. The predicted octanol–water partition coefficient (Wildman–Crippen LogP) is 12.1. The number of fused-ring (bicyclic) bond motifs is 15. The summed E-state index contributed by atoms with van der Waals surface area (Å²) >= 11 is 2.02. The number of para-hydroxylation sites is 3. The maximum absolute atomic E-state index is 2.63. The van der Waals surface area contributed by atoms with Gasteiger partial charge in [0.15, 0.2) is 0 Å². The minimum Gasteiger partial charge on any atom is -0.343 e. The monoisotopic (exact) mass is 750 g/mol. The lowest BCUT2D eigenvalue weighted by molar-refractivity contribution is 0.413. The van der Waals surface area contributed by atoms with Crippen LogP contribution in [0.3, 0.4) is 0 Å². The van der Waals surface area contributed by atoms with E-state index in [0.29, 0.717) is 12.1 Å². The zero-order valence-corrected chi connectivity index (χ0v) is 32.3. The van der Waals surface area contributed by atoms with Crippen LogP contribution in [-0.2, 0) is 5.41 Å². The standard InChI is InChI=1S/C52H38N4S/c1-52-41-18-8-10-20-44(41)56(51(52)57-47-30-26-33-13-5-6-16-38(33)48(47)52)37-27-23-34(24-28-37)49-50(54-32-53(49)45-21-11-12-22-46(45)54)35-25-29-43-40(31-35)39-17-7-9-19-42(39)55(43)36-14-3-2-4-15-36/h2-31,45-46,51H,32H2,1H3. The van der Waals surface area contributed by atoms with Gasteiger partial charge in [-0.25, -0.2) is 0 Å². The largest absolute Gasteiger partial charge is 0.343 e. The Labute approximate surface area is 336 Å². The molecule has 0 radical (unpaired) electrons. The summed E-state index contributed by atoms with van der Waals surface area (Å²) in [5.41, 5.74) is 14.1. The number of hydrogen-bond donors (Lipinski definition) is 0. The summed E-state index contributed by atoms with van der Waals surface area (Å²) in [5.74, 6) is 0. The van der Waals surface area contributed by atoms with Crippen LogP contribution < -0.4 is 4.90 Å². The van der Waals surface area contributed by atoms with E-state index in [4.69, 9.17) is 0 Å². The normalized spacial score (nSPS) is 22.6. The third-order valence-corrected chi connectivity index (χ3v) is 14.9. The molecule has 0 N–H and O–H groups in total. The van der Waals surface area contributed by atoms with Gasteiger partial charge in [-0.05, 0) is 83.4 Å². The Bertz CT molecular complexity index is 3080. The van der Waals surface area contributed by atoms with Crippen molar-refractivity contribution in [2.75, 3.05) is 11.6 Å². The van der Waals surface area contributed by atoms with Gasteiger partial charge in [-0.15, -0.1) is 0 Å². The Morgan fingerprint density at radius 1 is 0.561 bits per heavy atom. The van der Waals surface area contributed by atoms with Gasteiger partial charge in [0, 0.05) is 43.9 Å². The molecule has 1 aromatic heterocycles. The van der Waals surface area contributed by atoms with Gasteiger partial charge in [0.2, 0.25) is 0 Å². The van der Waals surface area contributed by atoms with Crippen molar-refractivity contribution in [1.29, 1.82) is 0 Å². The summed E-state index contributed by atoms with van der Waals surface area (Å²) in [5, 5.41) is 5.46. The number of allylic oxidation sites excluding steroid dienone is 2. The molecule has 1 fully saturated rings. The average Bonchev–Trinajstić information content (AvgIpc) is 4.06. The second-order valence-electron chi connectivity index (χ2n) is 16.2. The van der Waals surface area contributed by atoms with Crippen LogP contribution in [0.2, 0.25) is 0 Å². The van der Waals surface area contributed by atoms with Crippen molar-refractivity contribution in [3.63, 3.8) is 0 Å². The first-order valence-corrected chi connectivity index (χ1v) is 20.9. The lowest BCUT2D eigenvalue weighted by atomic mass is 9.76. The summed E-state index contributed by atoms with van der Waals surface area (Å²) < 4.78 is 2.41. The third-order valence-electron chi connectivity index (χ3n) is 13.4. The van der Waals surface area contributed by atoms with Gasteiger partial charge in [-0.1, -0.05) is 139 Å². The second-order valence-corrected chi connectivity index (χ2v) is 17.3. The first-order valence-electron chi connectivity index (χ1n) is 20.1. The molecule has 5 aliphatic rings. The van der Waals surface area contributed by atoms with Gasteiger partial charge in [0.1, 0.15) is 0 Å². The summed E-state index contributed by atoms with van der Waals surface area (Å²) in [6.07, 6.45) is 9.20. The molecule has 13 rings (SSSR count). The van der Waals surface area contributed by atoms with E-state index >= 15 is 0 Å². The fourth-order valence-electron chi connectivity index (χ4n) is 10.9. The Morgan fingerprint density at radius 3 is 2.05 bits per heavy atom. The molecule has 57 heavy (non-hydrogen) atoms. The second kappa shape index (κ2) is 11.6. The van der Waals surface area contributed by atoms with Crippen molar-refractivity contribution in [2.45, 2.75) is 34.7 Å². The number of aromatic nitrogens is 1. The molecule has 1 saturated heterocycles. The van der Waals surface area contributed by atoms with Crippen molar-refractivity contribution in [1.82, 2.24) is 14.4 Å². The predicted molar refractivity (Wildman–Crippen MR) is 237 cm³/mol. The van der Waals surface area contributed by atoms with Crippen molar-refractivity contribution in [3.05, 3.63) is 204 Å². The number of rotatable bonds is 4. The van der Waals surface area contributed by atoms with Crippen molar-refractivity contribution in [3.8, 4) is 5.69 Å². The van der Waals surface area contributed by atoms with Crippen LogP contribution >= 0.6 is 11.8 Å². The molecule has 5 heteroatoms. The zero-order chi connectivity index (χ0) is 37.4. The number of anilines is 2. The number of hydrogen-bond acceptors (Lipinski definition) is 4. The Balaban J connectivity index is 0.952. The van der Waals surface area contributed by atoms with E-state index in [0.717, 1.165) is 6.67 Å². The SMILES string of the molecule is CC12c3ccccc3N(c3ccc(C4=C(c5ccc6c(c5)c5ccccc5n6-c5ccccc5)N5CN4C4C=CC=CC45)cc3)C1Sc1ccc3ccccc3c12. The molecular formula is C52H38N4S. The highest BCUT2D eigenvalue weighted by molar-refractivity contribution is 8.00. The van der Waals surface area contributed by atoms with Gasteiger partial charge in [-0.2, -0.15) is 0 Å². The van der Waals surface area contributed by atoms with E-state index in [9.17, 15) is 0 Å². The molecule has 0 spiro atoms. The highest BCUT2D eigenvalue weighted by Crippen LogP contribution is 2.64. The average molecular weight is 751 g/mol. The Hall–Kier alpha value is -6.43. The van der Waals surface area contributed by atoms with E-state index in [-0.39, 0.29) is 10.8 Å². The number of benzene rings is 7. The lowest BCUT2D eigenvalue weighted by Crippen LogP contribution is -2.39. The van der Waals surface area contributed by atoms with Crippen LogP contribution in [0.5, 0.6) is 0 Å². The van der Waals surface area contributed by atoms with Crippen LogP contribution in [0.25, 0.3) is 49.7 Å². The van der Waals surface area contributed by atoms with Crippen LogP contribution in [0, 0.1) is 0 Å². The maximum atomic E-state index is 2.63. The molecule has 4 aliphatic heterocycles. The van der Waals surface area contributed by atoms with Crippen LogP contribution in [-0.4, -0.2) is 38.5 Å². The molecular weight excluding hydrogens is 713 g/mol. The molecule has 0 saturated carbocycles. The first-order chi connectivity index (χ1) is 28.2. The van der Waals surface area contributed by atoms with Gasteiger partial charge in [0.05, 0.1) is 52.0 Å². The van der Waals surface area contributed by atoms with Crippen molar-refractivity contribution < 1.29 is 0 Å². The first kappa shape index (κ1) is 31.7. The molecule has 4 unspecified atom stereocenters. The number of nitrogens with zero attached hydrogens (tertiary/aromatic N) is 4. The fourth-order valence-corrected chi connectivity index (χ4v) is 12.6.